The minimum atomic E-state index is 0.595. The molecule has 1 atom stereocenters. The third kappa shape index (κ3) is 3.32. The van der Waals surface area contributed by atoms with Gasteiger partial charge in [0.2, 0.25) is 0 Å². The standard InChI is InChI=1S/C15H25NS/c1-4-16-13(9-8-11(2)3)15-10-12-6-5-7-14(12)17-15/h10-11,13,16H,4-9H2,1-3H3. The van der Waals surface area contributed by atoms with E-state index in [1.165, 1.54) is 32.1 Å². The molecular weight excluding hydrogens is 226 g/mol. The molecule has 0 fully saturated rings. The number of rotatable bonds is 6. The zero-order valence-electron chi connectivity index (χ0n) is 11.4. The van der Waals surface area contributed by atoms with Gasteiger partial charge in [0, 0.05) is 15.8 Å². The molecule has 2 heteroatoms. The smallest absolute Gasteiger partial charge is 0.0415 e. The van der Waals surface area contributed by atoms with Crippen molar-refractivity contribution < 1.29 is 0 Å². The van der Waals surface area contributed by atoms with Crippen LogP contribution in [0.3, 0.4) is 0 Å². The molecule has 0 saturated heterocycles. The molecule has 1 aliphatic rings. The summed E-state index contributed by atoms with van der Waals surface area (Å²) in [6, 6.07) is 3.07. The number of hydrogen-bond donors (Lipinski definition) is 1. The predicted molar refractivity (Wildman–Crippen MR) is 76.8 cm³/mol. The minimum absolute atomic E-state index is 0.595. The van der Waals surface area contributed by atoms with E-state index in [-0.39, 0.29) is 0 Å². The fourth-order valence-corrected chi connectivity index (χ4v) is 3.98. The Morgan fingerprint density at radius 1 is 1.29 bits per heavy atom. The maximum atomic E-state index is 3.65. The van der Waals surface area contributed by atoms with E-state index in [0.29, 0.717) is 6.04 Å². The first-order chi connectivity index (χ1) is 8.20. The molecule has 0 saturated carbocycles. The van der Waals surface area contributed by atoms with Crippen LogP contribution in [-0.2, 0) is 12.8 Å². The highest BCUT2D eigenvalue weighted by Crippen LogP contribution is 2.35. The lowest BCUT2D eigenvalue weighted by atomic mass is 10.0. The van der Waals surface area contributed by atoms with E-state index in [0.717, 1.165) is 12.5 Å². The molecule has 17 heavy (non-hydrogen) atoms. The highest BCUT2D eigenvalue weighted by atomic mass is 32.1. The molecule has 0 amide bonds. The Morgan fingerprint density at radius 2 is 2.12 bits per heavy atom. The van der Waals surface area contributed by atoms with Gasteiger partial charge in [-0.1, -0.05) is 20.8 Å². The average Bonchev–Trinajstić information content (AvgIpc) is 2.83. The summed E-state index contributed by atoms with van der Waals surface area (Å²) in [6.07, 6.45) is 6.61. The molecule has 0 spiro atoms. The fourth-order valence-electron chi connectivity index (χ4n) is 2.62. The molecular formula is C15H25NS. The van der Waals surface area contributed by atoms with Crippen molar-refractivity contribution in [2.45, 2.75) is 58.9 Å². The highest BCUT2D eigenvalue weighted by Gasteiger charge is 2.19. The fraction of sp³-hybridized carbons (Fsp3) is 0.733. The second-order valence-corrected chi connectivity index (χ2v) is 6.70. The average molecular weight is 251 g/mol. The summed E-state index contributed by atoms with van der Waals surface area (Å²) in [4.78, 5) is 3.24. The highest BCUT2D eigenvalue weighted by molar-refractivity contribution is 7.12. The molecule has 0 aromatic carbocycles. The summed E-state index contributed by atoms with van der Waals surface area (Å²) < 4.78 is 0. The Morgan fingerprint density at radius 3 is 2.76 bits per heavy atom. The quantitative estimate of drug-likeness (QED) is 0.794. The van der Waals surface area contributed by atoms with Crippen molar-refractivity contribution in [2.24, 2.45) is 5.92 Å². The van der Waals surface area contributed by atoms with E-state index in [9.17, 15) is 0 Å². The van der Waals surface area contributed by atoms with E-state index < -0.39 is 0 Å². The predicted octanol–water partition coefficient (Wildman–Crippen LogP) is 4.32. The van der Waals surface area contributed by atoms with Crippen LogP contribution in [0.15, 0.2) is 6.07 Å². The van der Waals surface area contributed by atoms with Crippen molar-refractivity contribution >= 4 is 11.3 Å². The van der Waals surface area contributed by atoms with Gasteiger partial charge in [-0.3, -0.25) is 0 Å². The molecule has 2 rings (SSSR count). The summed E-state index contributed by atoms with van der Waals surface area (Å²) >= 11 is 2.06. The molecule has 0 bridgehead atoms. The van der Waals surface area contributed by atoms with E-state index in [1.54, 1.807) is 15.3 Å². The Kier molecular flexibility index (Phi) is 4.63. The molecule has 1 unspecified atom stereocenters. The van der Waals surface area contributed by atoms with Crippen LogP contribution in [-0.4, -0.2) is 6.54 Å². The molecule has 0 aliphatic heterocycles. The van der Waals surface area contributed by atoms with Crippen LogP contribution in [0.25, 0.3) is 0 Å². The molecule has 1 aromatic rings. The minimum Gasteiger partial charge on any atom is -0.310 e. The zero-order valence-corrected chi connectivity index (χ0v) is 12.2. The van der Waals surface area contributed by atoms with Gasteiger partial charge in [0.05, 0.1) is 0 Å². The number of hydrogen-bond acceptors (Lipinski definition) is 2. The number of nitrogens with one attached hydrogen (secondary N) is 1. The molecule has 96 valence electrons. The molecule has 0 radical (unpaired) electrons. The van der Waals surface area contributed by atoms with Crippen molar-refractivity contribution in [2.75, 3.05) is 6.54 Å². The van der Waals surface area contributed by atoms with Gasteiger partial charge >= 0.3 is 0 Å². The lowest BCUT2D eigenvalue weighted by molar-refractivity contribution is 0.453. The van der Waals surface area contributed by atoms with Crippen LogP contribution in [0.5, 0.6) is 0 Å². The normalized spacial score (nSPS) is 16.5. The van der Waals surface area contributed by atoms with E-state index >= 15 is 0 Å². The van der Waals surface area contributed by atoms with Gasteiger partial charge in [-0.25, -0.2) is 0 Å². The van der Waals surface area contributed by atoms with Crippen molar-refractivity contribution in [3.63, 3.8) is 0 Å². The summed E-state index contributed by atoms with van der Waals surface area (Å²) in [5.74, 6) is 0.808. The van der Waals surface area contributed by atoms with Gasteiger partial charge in [0.1, 0.15) is 0 Å². The van der Waals surface area contributed by atoms with Crippen molar-refractivity contribution in [1.29, 1.82) is 0 Å². The van der Waals surface area contributed by atoms with Crippen LogP contribution in [0, 0.1) is 5.92 Å². The maximum absolute atomic E-state index is 3.65. The number of thiophene rings is 1. The van der Waals surface area contributed by atoms with Gasteiger partial charge in [-0.15, -0.1) is 11.3 Å². The van der Waals surface area contributed by atoms with Crippen molar-refractivity contribution in [3.05, 3.63) is 21.4 Å². The van der Waals surface area contributed by atoms with E-state index in [4.69, 9.17) is 0 Å². The Labute approximate surface area is 110 Å². The summed E-state index contributed by atoms with van der Waals surface area (Å²) in [6.45, 7) is 7.92. The largest absolute Gasteiger partial charge is 0.310 e. The molecule has 1 aromatic heterocycles. The first-order valence-corrected chi connectivity index (χ1v) is 7.87. The third-order valence-corrected chi connectivity index (χ3v) is 4.94. The van der Waals surface area contributed by atoms with Gasteiger partial charge in [-0.05, 0) is 56.2 Å². The lowest BCUT2D eigenvalue weighted by Gasteiger charge is -2.17. The van der Waals surface area contributed by atoms with Crippen LogP contribution in [0.2, 0.25) is 0 Å². The van der Waals surface area contributed by atoms with E-state index in [1.807, 2.05) is 0 Å². The van der Waals surface area contributed by atoms with Crippen LogP contribution in [0.1, 0.15) is 61.4 Å². The number of fused-ring (bicyclic) bond motifs is 1. The van der Waals surface area contributed by atoms with Crippen molar-refractivity contribution in [3.8, 4) is 0 Å². The second kappa shape index (κ2) is 6.01. The Balaban J connectivity index is 2.03. The van der Waals surface area contributed by atoms with Crippen LogP contribution in [0.4, 0.5) is 0 Å². The topological polar surface area (TPSA) is 12.0 Å². The van der Waals surface area contributed by atoms with Crippen LogP contribution >= 0.6 is 11.3 Å². The monoisotopic (exact) mass is 251 g/mol. The second-order valence-electron chi connectivity index (χ2n) is 5.53. The third-order valence-electron chi connectivity index (χ3n) is 3.59. The van der Waals surface area contributed by atoms with Crippen molar-refractivity contribution in [1.82, 2.24) is 5.32 Å². The first kappa shape index (κ1) is 13.1. The van der Waals surface area contributed by atoms with Gasteiger partial charge in [0.15, 0.2) is 0 Å². The zero-order chi connectivity index (χ0) is 12.3. The first-order valence-electron chi connectivity index (χ1n) is 7.05. The van der Waals surface area contributed by atoms with Gasteiger partial charge in [-0.2, -0.15) is 0 Å². The molecule has 1 aliphatic carbocycles. The van der Waals surface area contributed by atoms with Crippen LogP contribution < -0.4 is 5.32 Å². The summed E-state index contributed by atoms with van der Waals surface area (Å²) in [7, 11) is 0. The summed E-state index contributed by atoms with van der Waals surface area (Å²) in [5.41, 5.74) is 1.64. The Bertz CT molecular complexity index is 332. The molecule has 1 nitrogen and oxygen atoms in total. The molecule has 1 N–H and O–H groups in total. The SMILES string of the molecule is CCNC(CCC(C)C)c1cc2c(s1)CCC2. The lowest BCUT2D eigenvalue weighted by Crippen LogP contribution is -2.20. The van der Waals surface area contributed by atoms with E-state index in [2.05, 4.69) is 43.5 Å². The van der Waals surface area contributed by atoms with Gasteiger partial charge in [0.25, 0.3) is 0 Å². The maximum Gasteiger partial charge on any atom is 0.0415 e. The van der Waals surface area contributed by atoms with Gasteiger partial charge < -0.3 is 5.32 Å². The molecule has 1 heterocycles. The Hall–Kier alpha value is -0.340. The number of aryl methyl sites for hydroxylation is 2. The summed E-state index contributed by atoms with van der Waals surface area (Å²) in [5, 5.41) is 3.65.